The molecule has 268 valence electrons. The smallest absolute Gasteiger partial charge is 0.344 e. The number of rotatable bonds is 12. The molecule has 0 fully saturated rings. The van der Waals surface area contributed by atoms with Crippen molar-refractivity contribution in [1.82, 2.24) is 0 Å². The molecule has 51 heavy (non-hydrogen) atoms. The molecular formula is C42H45BrO8. The average Bonchev–Trinajstić information content (AvgIpc) is 3.13. The Labute approximate surface area is 306 Å². The fourth-order valence-corrected chi connectivity index (χ4v) is 5.62. The van der Waals surface area contributed by atoms with Crippen LogP contribution >= 0.6 is 15.9 Å². The number of phenols is 1. The molecule has 0 aliphatic heterocycles. The quantitative estimate of drug-likeness (QED) is 0.0487. The minimum atomic E-state index is -0.418. The number of benzene rings is 4. The van der Waals surface area contributed by atoms with Crippen LogP contribution in [0, 0.1) is 0 Å². The molecule has 2 heterocycles. The number of unbranched alkanes of at least 4 members (excludes halogenated alkanes) is 4. The molecule has 0 unspecified atom stereocenters. The van der Waals surface area contributed by atoms with Gasteiger partial charge in [-0.1, -0.05) is 104 Å². The van der Waals surface area contributed by atoms with Crippen LogP contribution in [-0.2, 0) is 12.8 Å². The molecule has 6 aromatic rings. The van der Waals surface area contributed by atoms with E-state index < -0.39 is 6.79 Å². The molecule has 0 radical (unpaired) electrons. The second-order valence-corrected chi connectivity index (χ2v) is 12.5. The van der Waals surface area contributed by atoms with Crippen LogP contribution in [0.1, 0.15) is 63.5 Å². The van der Waals surface area contributed by atoms with Crippen LogP contribution in [-0.4, -0.2) is 27.6 Å². The first-order chi connectivity index (χ1) is 24.8. The van der Waals surface area contributed by atoms with Crippen molar-refractivity contribution in [1.29, 1.82) is 0 Å². The molecule has 0 amide bonds. The summed E-state index contributed by atoms with van der Waals surface area (Å²) in [5.41, 5.74) is 5.50. The molecule has 0 spiro atoms. The first-order valence-corrected chi connectivity index (χ1v) is 18.4. The van der Waals surface area contributed by atoms with Crippen molar-refractivity contribution < 1.29 is 28.9 Å². The van der Waals surface area contributed by atoms with Crippen LogP contribution in [0.3, 0.4) is 0 Å². The summed E-state index contributed by atoms with van der Waals surface area (Å²) in [7, 11) is 0. The maximum atomic E-state index is 12.3. The lowest BCUT2D eigenvalue weighted by Gasteiger charge is -2.06. The Balaban J connectivity index is 0.000000213. The van der Waals surface area contributed by atoms with Gasteiger partial charge in [0.05, 0.1) is 16.6 Å². The number of alkyl halides is 1. The molecule has 2 aromatic heterocycles. The molecule has 0 aliphatic carbocycles. The Morgan fingerprint density at radius 2 is 1.06 bits per heavy atom. The highest BCUT2D eigenvalue weighted by Gasteiger charge is 2.10. The van der Waals surface area contributed by atoms with Gasteiger partial charge in [-0.05, 0) is 84.3 Å². The van der Waals surface area contributed by atoms with E-state index in [4.69, 9.17) is 23.8 Å². The SMILES string of the molecule is CCCCCc1ccc(-c2cc3ccc(O)cc3oc2=O)cc1.CCCCCc1ccc(-c2cc3ccc(OCO)cc3oc2=O)cc1.OCBr. The summed E-state index contributed by atoms with van der Waals surface area (Å²) < 4.78 is 15.8. The zero-order valence-corrected chi connectivity index (χ0v) is 30.7. The van der Waals surface area contributed by atoms with E-state index in [1.807, 2.05) is 42.5 Å². The number of phenolic OH excluding ortho intramolecular Hbond substituents is 1. The van der Waals surface area contributed by atoms with Gasteiger partial charge in [-0.25, -0.2) is 9.59 Å². The summed E-state index contributed by atoms with van der Waals surface area (Å²) in [5, 5.41) is 27.4. The summed E-state index contributed by atoms with van der Waals surface area (Å²) >= 11 is 2.70. The maximum Gasteiger partial charge on any atom is 0.344 e. The van der Waals surface area contributed by atoms with Crippen LogP contribution < -0.4 is 16.0 Å². The normalized spacial score (nSPS) is 10.7. The first kappa shape index (κ1) is 39.1. The van der Waals surface area contributed by atoms with Gasteiger partial charge in [0.15, 0.2) is 6.79 Å². The van der Waals surface area contributed by atoms with Crippen molar-refractivity contribution >= 4 is 37.9 Å². The second kappa shape index (κ2) is 20.2. The molecule has 0 saturated heterocycles. The van der Waals surface area contributed by atoms with E-state index >= 15 is 0 Å². The number of aromatic hydroxyl groups is 1. The van der Waals surface area contributed by atoms with E-state index in [0.29, 0.717) is 28.0 Å². The van der Waals surface area contributed by atoms with Crippen molar-refractivity contribution in [3.63, 3.8) is 0 Å². The average molecular weight is 758 g/mol. The number of hydrogen-bond donors (Lipinski definition) is 3. The van der Waals surface area contributed by atoms with Gasteiger partial charge in [0.1, 0.15) is 22.7 Å². The van der Waals surface area contributed by atoms with Gasteiger partial charge in [-0.3, -0.25) is 0 Å². The predicted octanol–water partition coefficient (Wildman–Crippen LogP) is 9.75. The van der Waals surface area contributed by atoms with E-state index in [-0.39, 0.29) is 22.5 Å². The molecule has 0 aliphatic rings. The number of aliphatic hydroxyl groups excluding tert-OH is 2. The van der Waals surface area contributed by atoms with Gasteiger partial charge in [0, 0.05) is 22.9 Å². The number of aryl methyl sites for hydroxylation is 2. The third kappa shape index (κ3) is 11.4. The van der Waals surface area contributed by atoms with E-state index in [0.717, 1.165) is 34.7 Å². The van der Waals surface area contributed by atoms with Crippen molar-refractivity contribution in [2.75, 3.05) is 12.3 Å². The lowest BCUT2D eigenvalue weighted by Crippen LogP contribution is -2.03. The summed E-state index contributed by atoms with van der Waals surface area (Å²) in [5.74, 6) is 0.548. The van der Waals surface area contributed by atoms with E-state index in [2.05, 4.69) is 54.0 Å². The van der Waals surface area contributed by atoms with Gasteiger partial charge in [0.2, 0.25) is 0 Å². The number of ether oxygens (including phenoxy) is 1. The van der Waals surface area contributed by atoms with Crippen LogP contribution in [0.2, 0.25) is 0 Å². The van der Waals surface area contributed by atoms with Gasteiger partial charge in [0.25, 0.3) is 0 Å². The molecule has 4 aromatic carbocycles. The molecule has 8 nitrogen and oxygen atoms in total. The maximum absolute atomic E-state index is 12.3. The van der Waals surface area contributed by atoms with Gasteiger partial charge >= 0.3 is 11.3 Å². The van der Waals surface area contributed by atoms with Crippen LogP contribution in [0.4, 0.5) is 0 Å². The first-order valence-electron chi connectivity index (χ1n) is 17.2. The Morgan fingerprint density at radius 1 is 0.608 bits per heavy atom. The monoisotopic (exact) mass is 756 g/mol. The number of aliphatic hydroxyl groups is 2. The fourth-order valence-electron chi connectivity index (χ4n) is 5.62. The largest absolute Gasteiger partial charge is 0.508 e. The van der Waals surface area contributed by atoms with Crippen molar-refractivity contribution in [3.05, 3.63) is 129 Å². The van der Waals surface area contributed by atoms with E-state index in [1.54, 1.807) is 24.3 Å². The predicted molar refractivity (Wildman–Crippen MR) is 208 cm³/mol. The minimum absolute atomic E-state index is 0.0625. The fraction of sp³-hybridized carbons (Fsp3) is 0.286. The Bertz CT molecular complexity index is 2080. The van der Waals surface area contributed by atoms with Crippen LogP contribution in [0.25, 0.3) is 44.2 Å². The molecule has 0 saturated carbocycles. The van der Waals surface area contributed by atoms with Crippen molar-refractivity contribution in [2.45, 2.75) is 65.2 Å². The summed E-state index contributed by atoms with van der Waals surface area (Å²) in [6.07, 6.45) is 9.41. The number of fused-ring (bicyclic) bond motifs is 2. The lowest BCUT2D eigenvalue weighted by atomic mass is 10.0. The van der Waals surface area contributed by atoms with Crippen molar-refractivity contribution in [2.24, 2.45) is 0 Å². The summed E-state index contributed by atoms with van der Waals surface area (Å²) in [6.45, 7) is 3.97. The van der Waals surface area contributed by atoms with Crippen molar-refractivity contribution in [3.8, 4) is 33.8 Å². The van der Waals surface area contributed by atoms with Gasteiger partial charge in [-0.15, -0.1) is 0 Å². The highest BCUT2D eigenvalue weighted by molar-refractivity contribution is 9.09. The third-order valence-electron chi connectivity index (χ3n) is 8.33. The molecule has 3 N–H and O–H groups in total. The minimum Gasteiger partial charge on any atom is -0.508 e. The van der Waals surface area contributed by atoms with E-state index in [1.165, 1.54) is 55.7 Å². The zero-order chi connectivity index (χ0) is 36.6. The highest BCUT2D eigenvalue weighted by Crippen LogP contribution is 2.26. The third-order valence-corrected chi connectivity index (χ3v) is 8.33. The number of halogens is 1. The van der Waals surface area contributed by atoms with Gasteiger partial charge < -0.3 is 28.9 Å². The topological polar surface area (TPSA) is 130 Å². The van der Waals surface area contributed by atoms with E-state index in [9.17, 15) is 14.7 Å². The Hall–Kier alpha value is -4.70. The molecule has 0 bridgehead atoms. The van der Waals surface area contributed by atoms with Gasteiger partial charge in [-0.2, -0.15) is 0 Å². The second-order valence-electron chi connectivity index (χ2n) is 12.0. The van der Waals surface area contributed by atoms with Crippen LogP contribution in [0.15, 0.2) is 115 Å². The highest BCUT2D eigenvalue weighted by atomic mass is 79.9. The molecular weight excluding hydrogens is 712 g/mol. The molecule has 0 atom stereocenters. The zero-order valence-electron chi connectivity index (χ0n) is 29.1. The molecule has 9 heteroatoms. The number of hydrogen-bond acceptors (Lipinski definition) is 8. The standard InChI is InChI=1S/C21H22O4.C20H20O3.CH3BrO/c1-2-3-4-5-15-6-8-16(9-7-15)19-12-17-10-11-18(24-14-22)13-20(17)25-21(19)23;1-2-3-4-5-14-6-8-15(9-7-14)18-12-16-10-11-17(21)13-19(16)23-20(18)22;2-1-3/h6-13,22H,2-5,14H2,1H3;6-13,21H,2-5H2,1H3;3H,1H2. The van der Waals surface area contributed by atoms with Crippen LogP contribution in [0.5, 0.6) is 11.5 Å². The lowest BCUT2D eigenvalue weighted by molar-refractivity contribution is 0.0986. The molecule has 6 rings (SSSR count). The summed E-state index contributed by atoms with van der Waals surface area (Å²) in [6, 6.07) is 29.8. The Morgan fingerprint density at radius 3 is 1.51 bits per heavy atom. The summed E-state index contributed by atoms with van der Waals surface area (Å²) in [4.78, 5) is 24.5. The Kier molecular flexibility index (Phi) is 15.5.